The van der Waals surface area contributed by atoms with Crippen molar-refractivity contribution in [1.82, 2.24) is 10.2 Å². The van der Waals surface area contributed by atoms with Crippen LogP contribution in [0.4, 0.5) is 0 Å². The summed E-state index contributed by atoms with van der Waals surface area (Å²) in [7, 11) is -0.897. The quantitative estimate of drug-likeness (QED) is 0.763. The highest BCUT2D eigenvalue weighted by molar-refractivity contribution is 7.86. The summed E-state index contributed by atoms with van der Waals surface area (Å²) in [5.74, 6) is 0.252. The Morgan fingerprint density at radius 1 is 1.42 bits per heavy atom. The third kappa shape index (κ3) is 4.78. The molecule has 2 amide bonds. The molecule has 1 atom stereocenters. The summed E-state index contributed by atoms with van der Waals surface area (Å²) >= 11 is 0. The molecule has 1 rings (SSSR count). The maximum Gasteiger partial charge on any atom is 0.243 e. The van der Waals surface area contributed by atoms with E-state index in [1.54, 1.807) is 4.90 Å². The number of carbonyl (C=O) groups is 2. The van der Waals surface area contributed by atoms with Gasteiger partial charge in [0.25, 0.3) is 0 Å². The number of nitrogens with zero attached hydrogens (tertiary/aromatic N) is 1. The van der Waals surface area contributed by atoms with E-state index in [1.165, 1.54) is 6.08 Å². The van der Waals surface area contributed by atoms with Crippen LogP contribution in [0.5, 0.6) is 0 Å². The summed E-state index contributed by atoms with van der Waals surface area (Å²) in [5, 5.41) is 2.58. The Morgan fingerprint density at radius 3 is 2.74 bits per heavy atom. The molecule has 0 aliphatic carbocycles. The Bertz CT molecular complexity index is 393. The van der Waals surface area contributed by atoms with E-state index >= 15 is 0 Å². The van der Waals surface area contributed by atoms with E-state index in [0.717, 1.165) is 6.42 Å². The van der Waals surface area contributed by atoms with Gasteiger partial charge >= 0.3 is 0 Å². The highest BCUT2D eigenvalue weighted by atomic mass is 32.2. The van der Waals surface area contributed by atoms with E-state index in [4.69, 9.17) is 0 Å². The third-order valence-electron chi connectivity index (χ3n) is 3.32. The second-order valence-electron chi connectivity index (χ2n) is 5.19. The lowest BCUT2D eigenvalue weighted by Crippen LogP contribution is -2.36. The summed E-state index contributed by atoms with van der Waals surface area (Å²) in [4.78, 5) is 24.7. The van der Waals surface area contributed by atoms with E-state index in [2.05, 4.69) is 11.9 Å². The van der Waals surface area contributed by atoms with Gasteiger partial charge in [-0.3, -0.25) is 13.8 Å². The van der Waals surface area contributed by atoms with Gasteiger partial charge in [0.15, 0.2) is 0 Å². The number of carbonyl (C=O) groups excluding carboxylic acids is 2. The van der Waals surface area contributed by atoms with Crippen LogP contribution >= 0.6 is 0 Å². The predicted molar refractivity (Wildman–Crippen MR) is 76.1 cm³/mol. The van der Waals surface area contributed by atoms with Gasteiger partial charge < -0.3 is 10.2 Å². The van der Waals surface area contributed by atoms with E-state index < -0.39 is 10.8 Å². The Kier molecular flexibility index (Phi) is 5.72. The first-order chi connectivity index (χ1) is 8.86. The molecule has 1 heterocycles. The normalized spacial score (nSPS) is 22.4. The van der Waals surface area contributed by atoms with Crippen molar-refractivity contribution in [2.75, 3.05) is 25.4 Å². The molecule has 0 spiro atoms. The number of rotatable bonds is 4. The molecule has 108 valence electrons. The molecule has 0 saturated carbocycles. The molecular weight excluding hydrogens is 264 g/mol. The van der Waals surface area contributed by atoms with Gasteiger partial charge in [-0.15, -0.1) is 0 Å². The van der Waals surface area contributed by atoms with Gasteiger partial charge in [0.1, 0.15) is 0 Å². The van der Waals surface area contributed by atoms with Crippen molar-refractivity contribution >= 4 is 22.6 Å². The summed E-state index contributed by atoms with van der Waals surface area (Å²) in [6.45, 7) is 8.77. The van der Waals surface area contributed by atoms with Gasteiger partial charge in [0.2, 0.25) is 11.8 Å². The minimum absolute atomic E-state index is 0.000868. The van der Waals surface area contributed by atoms with Crippen LogP contribution in [0.1, 0.15) is 26.7 Å². The van der Waals surface area contributed by atoms with Crippen molar-refractivity contribution in [3.63, 3.8) is 0 Å². The van der Waals surface area contributed by atoms with Crippen molar-refractivity contribution in [3.8, 4) is 0 Å². The van der Waals surface area contributed by atoms with E-state index in [9.17, 15) is 13.8 Å². The molecule has 1 aliphatic heterocycles. The first-order valence-corrected chi connectivity index (χ1v) is 7.75. The smallest absolute Gasteiger partial charge is 0.243 e. The van der Waals surface area contributed by atoms with Crippen LogP contribution in [-0.4, -0.2) is 51.1 Å². The number of amides is 2. The van der Waals surface area contributed by atoms with Crippen molar-refractivity contribution in [2.24, 2.45) is 0 Å². The Morgan fingerprint density at radius 2 is 2.11 bits per heavy atom. The van der Waals surface area contributed by atoms with Gasteiger partial charge in [-0.1, -0.05) is 6.58 Å². The standard InChI is InChI=1S/C13H22N2O3S/c1-4-11(16)14-7-5-12(17)15-8-6-13(2,3)19(18)10-9-15/h4H,1,5-10H2,2-3H3,(H,14,16). The maximum atomic E-state index is 12.0. The number of hydrogen-bond donors (Lipinski definition) is 1. The van der Waals surface area contributed by atoms with Crippen LogP contribution in [-0.2, 0) is 20.4 Å². The predicted octanol–water partition coefficient (Wildman–Crippen LogP) is 0.438. The highest BCUT2D eigenvalue weighted by Crippen LogP contribution is 2.21. The summed E-state index contributed by atoms with van der Waals surface area (Å²) in [5.41, 5.74) is 0. The van der Waals surface area contributed by atoms with Crippen molar-refractivity contribution < 1.29 is 13.8 Å². The lowest BCUT2D eigenvalue weighted by molar-refractivity contribution is -0.130. The number of nitrogens with one attached hydrogen (secondary N) is 1. The van der Waals surface area contributed by atoms with Gasteiger partial charge in [-0.25, -0.2) is 0 Å². The van der Waals surface area contributed by atoms with Gasteiger partial charge in [-0.2, -0.15) is 0 Å². The highest BCUT2D eigenvalue weighted by Gasteiger charge is 2.31. The molecular formula is C13H22N2O3S. The van der Waals surface area contributed by atoms with Crippen molar-refractivity contribution in [3.05, 3.63) is 12.7 Å². The van der Waals surface area contributed by atoms with Crippen LogP contribution in [0, 0.1) is 0 Å². The molecule has 1 aliphatic rings. The zero-order valence-corrected chi connectivity index (χ0v) is 12.4. The SMILES string of the molecule is C=CC(=O)NCCC(=O)N1CCS(=O)C(C)(C)CC1. The first kappa shape index (κ1) is 15.9. The van der Waals surface area contributed by atoms with Crippen LogP contribution in [0.25, 0.3) is 0 Å². The molecule has 0 aromatic carbocycles. The van der Waals surface area contributed by atoms with Crippen LogP contribution in [0.3, 0.4) is 0 Å². The van der Waals surface area contributed by atoms with Crippen LogP contribution in [0.15, 0.2) is 12.7 Å². The molecule has 19 heavy (non-hydrogen) atoms. The monoisotopic (exact) mass is 286 g/mol. The van der Waals surface area contributed by atoms with Gasteiger partial charge in [-0.05, 0) is 26.3 Å². The van der Waals surface area contributed by atoms with Crippen LogP contribution < -0.4 is 5.32 Å². The minimum atomic E-state index is -0.897. The van der Waals surface area contributed by atoms with Crippen LogP contribution in [0.2, 0.25) is 0 Å². The maximum absolute atomic E-state index is 12.0. The molecule has 5 nitrogen and oxygen atoms in total. The fraction of sp³-hybridized carbons (Fsp3) is 0.692. The molecule has 0 aromatic heterocycles. The molecule has 1 fully saturated rings. The Balaban J connectivity index is 2.43. The van der Waals surface area contributed by atoms with Gasteiger partial charge in [0.05, 0.1) is 0 Å². The molecule has 0 bridgehead atoms. The Labute approximate surface area is 116 Å². The molecule has 1 N–H and O–H groups in total. The fourth-order valence-corrected chi connectivity index (χ4v) is 3.13. The number of hydrogen-bond acceptors (Lipinski definition) is 3. The summed E-state index contributed by atoms with van der Waals surface area (Å²) < 4.78 is 11.7. The Hall–Kier alpha value is -1.17. The third-order valence-corrected chi connectivity index (χ3v) is 5.31. The molecule has 6 heteroatoms. The fourth-order valence-electron chi connectivity index (χ4n) is 1.87. The largest absolute Gasteiger partial charge is 0.352 e. The van der Waals surface area contributed by atoms with Crippen molar-refractivity contribution in [2.45, 2.75) is 31.4 Å². The summed E-state index contributed by atoms with van der Waals surface area (Å²) in [6.07, 6.45) is 2.19. The molecule has 0 radical (unpaired) electrons. The van der Waals surface area contributed by atoms with Gasteiger partial charge in [0, 0.05) is 47.4 Å². The molecule has 1 saturated heterocycles. The van der Waals surface area contributed by atoms with E-state index in [1.807, 2.05) is 13.8 Å². The lowest BCUT2D eigenvalue weighted by atomic mass is 10.1. The topological polar surface area (TPSA) is 66.5 Å². The lowest BCUT2D eigenvalue weighted by Gasteiger charge is -2.22. The van der Waals surface area contributed by atoms with Crippen molar-refractivity contribution in [1.29, 1.82) is 0 Å². The first-order valence-electron chi connectivity index (χ1n) is 6.43. The second kappa shape index (κ2) is 6.84. The summed E-state index contributed by atoms with van der Waals surface area (Å²) in [6, 6.07) is 0. The second-order valence-corrected chi connectivity index (χ2v) is 7.39. The molecule has 0 aromatic rings. The average Bonchev–Trinajstić information content (AvgIpc) is 2.49. The zero-order chi connectivity index (χ0) is 14.5. The average molecular weight is 286 g/mol. The zero-order valence-electron chi connectivity index (χ0n) is 11.6. The van der Waals surface area contributed by atoms with E-state index in [-0.39, 0.29) is 23.0 Å². The minimum Gasteiger partial charge on any atom is -0.352 e. The molecule has 1 unspecified atom stereocenters. The van der Waals surface area contributed by atoms with E-state index in [0.29, 0.717) is 25.4 Å².